The summed E-state index contributed by atoms with van der Waals surface area (Å²) in [6.07, 6.45) is 3.78. The number of hydrogen-bond donors (Lipinski definition) is 0. The Bertz CT molecular complexity index is 1730. The molecule has 2 aromatic heterocycles. The monoisotopic (exact) mass is 640 g/mol. The van der Waals surface area contributed by atoms with Gasteiger partial charge in [-0.1, -0.05) is 65.7 Å². The van der Waals surface area contributed by atoms with Crippen LogP contribution in [0.4, 0.5) is 5.95 Å². The molecule has 0 bridgehead atoms. The zero-order valence-corrected chi connectivity index (χ0v) is 27.0. The lowest BCUT2D eigenvalue weighted by molar-refractivity contribution is 0.0782. The van der Waals surface area contributed by atoms with Gasteiger partial charge in [-0.2, -0.15) is 0 Å². The maximum atomic E-state index is 13.2. The number of rotatable bonds is 10. The number of fused-ring (bicyclic) bond motifs is 1. The fourth-order valence-corrected chi connectivity index (χ4v) is 6.50. The van der Waals surface area contributed by atoms with Gasteiger partial charge in [-0.25, -0.2) is 4.98 Å². The maximum Gasteiger partial charge on any atom is 0.253 e. The summed E-state index contributed by atoms with van der Waals surface area (Å²) in [5, 5.41) is 1.07. The topological polar surface area (TPSA) is 57.5 Å². The van der Waals surface area contributed by atoms with Crippen molar-refractivity contribution < 1.29 is 4.79 Å². The number of benzene rings is 3. The van der Waals surface area contributed by atoms with E-state index in [1.807, 2.05) is 84.9 Å². The number of anilines is 1. The van der Waals surface area contributed by atoms with Gasteiger partial charge in [0.05, 0.1) is 33.3 Å². The van der Waals surface area contributed by atoms with E-state index < -0.39 is 0 Å². The van der Waals surface area contributed by atoms with E-state index in [0.717, 1.165) is 73.8 Å². The molecule has 1 aliphatic rings. The number of pyridine rings is 1. The van der Waals surface area contributed by atoms with Gasteiger partial charge in [-0.05, 0) is 80.0 Å². The molecule has 0 aliphatic carbocycles. The van der Waals surface area contributed by atoms with Crippen molar-refractivity contribution in [3.8, 4) is 0 Å². The number of carbonyl (C=O) groups is 1. The molecule has 1 atom stereocenters. The zero-order chi connectivity index (χ0) is 31.2. The molecule has 45 heavy (non-hydrogen) atoms. The van der Waals surface area contributed by atoms with E-state index in [0.29, 0.717) is 28.7 Å². The fraction of sp³-hybridized carbons (Fsp3) is 0.306. The minimum Gasteiger partial charge on any atom is -0.341 e. The third-order valence-corrected chi connectivity index (χ3v) is 9.36. The minimum atomic E-state index is 0.0136. The number of likely N-dealkylation sites (N-methyl/N-ethyl adjacent to an activating group) is 1. The molecule has 6 rings (SSSR count). The van der Waals surface area contributed by atoms with Crippen LogP contribution in [-0.4, -0.2) is 76.6 Å². The van der Waals surface area contributed by atoms with Gasteiger partial charge in [0.2, 0.25) is 5.95 Å². The van der Waals surface area contributed by atoms with Crippen LogP contribution in [0, 0.1) is 0 Å². The van der Waals surface area contributed by atoms with E-state index in [4.69, 9.17) is 28.2 Å². The van der Waals surface area contributed by atoms with E-state index in [1.54, 1.807) is 0 Å². The number of nitrogens with zero attached hydrogens (tertiary/aromatic N) is 6. The predicted octanol–water partition coefficient (Wildman–Crippen LogP) is 7.24. The fourth-order valence-electron chi connectivity index (χ4n) is 6.19. The number of halogens is 2. The Morgan fingerprint density at radius 1 is 0.889 bits per heavy atom. The summed E-state index contributed by atoms with van der Waals surface area (Å²) in [4.78, 5) is 29.7. The van der Waals surface area contributed by atoms with Crippen molar-refractivity contribution in [2.24, 2.45) is 0 Å². The normalized spacial score (nSPS) is 14.8. The average Bonchev–Trinajstić information content (AvgIpc) is 3.26. The minimum absolute atomic E-state index is 0.0136. The van der Waals surface area contributed by atoms with E-state index in [2.05, 4.69) is 43.6 Å². The lowest BCUT2D eigenvalue weighted by Crippen LogP contribution is -2.35. The molecule has 0 spiro atoms. The van der Waals surface area contributed by atoms with Crippen LogP contribution in [0.1, 0.15) is 40.4 Å². The second kappa shape index (κ2) is 14.5. The molecule has 0 N–H and O–H groups in total. The van der Waals surface area contributed by atoms with E-state index in [-0.39, 0.29) is 11.8 Å². The summed E-state index contributed by atoms with van der Waals surface area (Å²) in [5.74, 6) is 1.12. The van der Waals surface area contributed by atoms with Crippen LogP contribution < -0.4 is 4.90 Å². The molecular weight excluding hydrogens is 603 g/mol. The summed E-state index contributed by atoms with van der Waals surface area (Å²) in [7, 11) is 1.88. The van der Waals surface area contributed by atoms with Gasteiger partial charge in [0.1, 0.15) is 0 Å². The average molecular weight is 642 g/mol. The molecular formula is C36H38Cl2N6O. The third kappa shape index (κ3) is 7.50. The molecule has 5 aromatic rings. The lowest BCUT2D eigenvalue weighted by Gasteiger charge is -2.28. The van der Waals surface area contributed by atoms with Gasteiger partial charge < -0.3 is 19.3 Å². The summed E-state index contributed by atoms with van der Waals surface area (Å²) >= 11 is 12.7. The molecule has 1 fully saturated rings. The van der Waals surface area contributed by atoms with Crippen LogP contribution >= 0.6 is 23.2 Å². The smallest absolute Gasteiger partial charge is 0.253 e. The largest absolute Gasteiger partial charge is 0.341 e. The van der Waals surface area contributed by atoms with Gasteiger partial charge in [0, 0.05) is 50.9 Å². The maximum absolute atomic E-state index is 13.2. The van der Waals surface area contributed by atoms with Gasteiger partial charge in [-0.15, -0.1) is 0 Å². The first-order valence-electron chi connectivity index (χ1n) is 15.5. The number of para-hydroxylation sites is 2. The second-order valence-corrected chi connectivity index (χ2v) is 12.5. The predicted molar refractivity (Wildman–Crippen MR) is 184 cm³/mol. The standard InChI is InChI=1S/C36H38Cl2N6O/c1-41(35(45)27-10-3-2-4-11-27)25-29(28-15-16-31(37)32(38)24-28)17-21-42-19-9-20-43(23-22-42)36-40-33-13-5-6-14-34(33)44(36)26-30-12-7-8-18-39-30/h2-8,10-16,18,24,29H,9,17,19-23,25-26H2,1H3. The summed E-state index contributed by atoms with van der Waals surface area (Å²) in [5.41, 5.74) is 4.93. The second-order valence-electron chi connectivity index (χ2n) is 11.7. The van der Waals surface area contributed by atoms with Crippen LogP contribution in [0.2, 0.25) is 10.0 Å². The Labute approximate surface area is 275 Å². The first-order chi connectivity index (χ1) is 22.0. The van der Waals surface area contributed by atoms with Crippen molar-refractivity contribution in [2.75, 3.05) is 51.2 Å². The van der Waals surface area contributed by atoms with E-state index in [9.17, 15) is 4.79 Å². The van der Waals surface area contributed by atoms with Crippen molar-refractivity contribution >= 4 is 46.1 Å². The number of hydrogen-bond acceptors (Lipinski definition) is 5. The molecule has 1 amide bonds. The van der Waals surface area contributed by atoms with E-state index >= 15 is 0 Å². The Kier molecular flexibility index (Phi) is 9.99. The highest BCUT2D eigenvalue weighted by Gasteiger charge is 2.24. The van der Waals surface area contributed by atoms with Crippen molar-refractivity contribution in [1.82, 2.24) is 24.3 Å². The van der Waals surface area contributed by atoms with E-state index in [1.165, 1.54) is 0 Å². The van der Waals surface area contributed by atoms with Gasteiger partial charge in [-0.3, -0.25) is 9.78 Å². The summed E-state index contributed by atoms with van der Waals surface area (Å²) < 4.78 is 2.30. The highest BCUT2D eigenvalue weighted by Crippen LogP contribution is 2.30. The highest BCUT2D eigenvalue weighted by atomic mass is 35.5. The Hall–Kier alpha value is -3.91. The van der Waals surface area contributed by atoms with Crippen LogP contribution in [0.3, 0.4) is 0 Å². The number of aromatic nitrogens is 3. The third-order valence-electron chi connectivity index (χ3n) is 8.62. The quantitative estimate of drug-likeness (QED) is 0.161. The number of imidazole rings is 1. The highest BCUT2D eigenvalue weighted by molar-refractivity contribution is 6.42. The molecule has 3 heterocycles. The first kappa shape index (κ1) is 31.1. The van der Waals surface area contributed by atoms with Crippen LogP contribution in [0.5, 0.6) is 0 Å². The molecule has 3 aromatic carbocycles. The Morgan fingerprint density at radius 3 is 2.49 bits per heavy atom. The SMILES string of the molecule is CN(CC(CCN1CCCN(c2nc3ccccc3n2Cc2ccccn2)CC1)c1ccc(Cl)c(Cl)c1)C(=O)c1ccccc1. The first-order valence-corrected chi connectivity index (χ1v) is 16.3. The summed E-state index contributed by atoms with van der Waals surface area (Å²) in [6.45, 7) is 5.93. The molecule has 232 valence electrons. The molecule has 1 unspecified atom stereocenters. The molecule has 0 radical (unpaired) electrons. The van der Waals surface area contributed by atoms with Crippen LogP contribution in [0.25, 0.3) is 11.0 Å². The molecule has 9 heteroatoms. The molecule has 0 saturated carbocycles. The van der Waals surface area contributed by atoms with Crippen molar-refractivity contribution in [1.29, 1.82) is 0 Å². The Morgan fingerprint density at radius 2 is 1.69 bits per heavy atom. The summed E-state index contributed by atoms with van der Waals surface area (Å²) in [6, 6.07) is 29.7. The number of carbonyl (C=O) groups excluding carboxylic acids is 1. The molecule has 7 nitrogen and oxygen atoms in total. The molecule has 1 aliphatic heterocycles. The zero-order valence-electron chi connectivity index (χ0n) is 25.5. The van der Waals surface area contributed by atoms with Crippen molar-refractivity contribution in [2.45, 2.75) is 25.3 Å². The van der Waals surface area contributed by atoms with Crippen LogP contribution in [0.15, 0.2) is 97.2 Å². The van der Waals surface area contributed by atoms with Gasteiger partial charge in [0.15, 0.2) is 0 Å². The molecule has 1 saturated heterocycles. The van der Waals surface area contributed by atoms with Crippen molar-refractivity contribution in [3.05, 3.63) is 124 Å². The van der Waals surface area contributed by atoms with Gasteiger partial charge >= 0.3 is 0 Å². The lowest BCUT2D eigenvalue weighted by atomic mass is 9.94. The number of amides is 1. The van der Waals surface area contributed by atoms with Crippen LogP contribution in [-0.2, 0) is 6.54 Å². The van der Waals surface area contributed by atoms with Crippen molar-refractivity contribution in [3.63, 3.8) is 0 Å². The van der Waals surface area contributed by atoms with Gasteiger partial charge in [0.25, 0.3) is 5.91 Å². The Balaban J connectivity index is 1.15.